The number of carbonyl (C=O) groups excluding carboxylic acids is 1. The molecule has 0 spiro atoms. The molecule has 1 amide bonds. The Hall–Kier alpha value is -2.72. The summed E-state index contributed by atoms with van der Waals surface area (Å²) in [5, 5.41) is 0.750. The molecule has 0 aliphatic heterocycles. The highest BCUT2D eigenvalue weighted by Crippen LogP contribution is 2.18. The van der Waals surface area contributed by atoms with Gasteiger partial charge >= 0.3 is 0 Å². The number of hydrogen-bond donors (Lipinski definition) is 0. The summed E-state index contributed by atoms with van der Waals surface area (Å²) in [5.74, 6) is 0.686. The van der Waals surface area contributed by atoms with Crippen molar-refractivity contribution in [2.75, 3.05) is 13.2 Å². The summed E-state index contributed by atoms with van der Waals surface area (Å²) >= 11 is 6.30. The van der Waals surface area contributed by atoms with Crippen molar-refractivity contribution < 1.29 is 9.53 Å². The van der Waals surface area contributed by atoms with Crippen LogP contribution in [0.3, 0.4) is 0 Å². The average Bonchev–Trinajstić information content (AvgIpc) is 3.15. The van der Waals surface area contributed by atoms with Gasteiger partial charge in [0.05, 0.1) is 6.54 Å². The van der Waals surface area contributed by atoms with Gasteiger partial charge in [0, 0.05) is 30.0 Å². The Morgan fingerprint density at radius 3 is 2.54 bits per heavy atom. The Labute approximate surface area is 171 Å². The quantitative estimate of drug-likeness (QED) is 0.509. The third-order valence-electron chi connectivity index (χ3n) is 4.53. The summed E-state index contributed by atoms with van der Waals surface area (Å²) in [6.45, 7) is 4.02. The Bertz CT molecular complexity index is 892. The van der Waals surface area contributed by atoms with Crippen LogP contribution in [0.2, 0.25) is 5.02 Å². The van der Waals surface area contributed by atoms with Crippen LogP contribution >= 0.6 is 11.6 Å². The molecule has 3 aromatic rings. The van der Waals surface area contributed by atoms with Gasteiger partial charge in [-0.3, -0.25) is 4.79 Å². The minimum absolute atomic E-state index is 0.0174. The first-order valence-corrected chi connectivity index (χ1v) is 9.88. The third kappa shape index (κ3) is 5.40. The third-order valence-corrected chi connectivity index (χ3v) is 4.90. The number of benzene rings is 2. The van der Waals surface area contributed by atoms with Crippen LogP contribution in [0, 0.1) is 0 Å². The van der Waals surface area contributed by atoms with Crippen LogP contribution in [0.25, 0.3) is 0 Å². The van der Waals surface area contributed by atoms with Gasteiger partial charge in [-0.2, -0.15) is 0 Å². The number of rotatable bonds is 9. The van der Waals surface area contributed by atoms with Gasteiger partial charge in [-0.05, 0) is 42.3 Å². The van der Waals surface area contributed by atoms with Crippen molar-refractivity contribution in [3.8, 4) is 5.75 Å². The predicted molar refractivity (Wildman–Crippen MR) is 113 cm³/mol. The van der Waals surface area contributed by atoms with Gasteiger partial charge in [-0.15, -0.1) is 0 Å². The van der Waals surface area contributed by atoms with Crippen molar-refractivity contribution in [3.05, 3.63) is 89.2 Å². The van der Waals surface area contributed by atoms with E-state index in [-0.39, 0.29) is 12.5 Å². The van der Waals surface area contributed by atoms with Gasteiger partial charge in [-0.1, -0.05) is 54.9 Å². The number of halogens is 1. The van der Waals surface area contributed by atoms with Gasteiger partial charge in [0.2, 0.25) is 0 Å². The summed E-state index contributed by atoms with van der Waals surface area (Å²) in [6.07, 6.45) is 2.91. The smallest absolute Gasteiger partial charge is 0.260 e. The zero-order valence-corrected chi connectivity index (χ0v) is 16.8. The number of para-hydroxylation sites is 1. The SMILES string of the molecule is CCCN(Cc1cccn1Cc1ccccc1Cl)C(=O)COc1ccccc1. The maximum atomic E-state index is 12.7. The highest BCUT2D eigenvalue weighted by Gasteiger charge is 2.16. The predicted octanol–water partition coefficient (Wildman–Crippen LogP) is 5.01. The molecule has 2 aromatic carbocycles. The van der Waals surface area contributed by atoms with E-state index in [0.717, 1.165) is 22.7 Å². The summed E-state index contributed by atoms with van der Waals surface area (Å²) in [5.41, 5.74) is 2.13. The summed E-state index contributed by atoms with van der Waals surface area (Å²) in [4.78, 5) is 14.6. The highest BCUT2D eigenvalue weighted by molar-refractivity contribution is 6.31. The van der Waals surface area contributed by atoms with Gasteiger partial charge in [0.1, 0.15) is 5.75 Å². The standard InChI is InChI=1S/C23H25ClN2O2/c1-2-14-26(23(27)18-28-21-11-4-3-5-12-21)17-20-10-8-15-25(20)16-19-9-6-7-13-22(19)24/h3-13,15H,2,14,16-18H2,1H3. The molecule has 1 heterocycles. The molecule has 28 heavy (non-hydrogen) atoms. The summed E-state index contributed by atoms with van der Waals surface area (Å²) in [6, 6.07) is 21.3. The molecule has 0 aliphatic rings. The fourth-order valence-corrected chi connectivity index (χ4v) is 3.26. The zero-order chi connectivity index (χ0) is 19.8. The second-order valence-electron chi connectivity index (χ2n) is 6.64. The lowest BCUT2D eigenvalue weighted by Crippen LogP contribution is -2.35. The summed E-state index contributed by atoms with van der Waals surface area (Å²) in [7, 11) is 0. The number of aromatic nitrogens is 1. The molecule has 1 aromatic heterocycles. The molecule has 0 aliphatic carbocycles. The number of ether oxygens (including phenoxy) is 1. The fraction of sp³-hybridized carbons (Fsp3) is 0.261. The van der Waals surface area contributed by atoms with E-state index in [1.54, 1.807) is 0 Å². The first kappa shape index (κ1) is 20.0. The van der Waals surface area contributed by atoms with Crippen LogP contribution in [0.5, 0.6) is 5.75 Å². The molecule has 0 atom stereocenters. The van der Waals surface area contributed by atoms with E-state index in [0.29, 0.717) is 25.4 Å². The molecule has 0 radical (unpaired) electrons. The minimum Gasteiger partial charge on any atom is -0.484 e. The van der Waals surface area contributed by atoms with Gasteiger partial charge in [-0.25, -0.2) is 0 Å². The maximum Gasteiger partial charge on any atom is 0.260 e. The maximum absolute atomic E-state index is 12.7. The van der Waals surface area contributed by atoms with Crippen LogP contribution in [0.15, 0.2) is 72.9 Å². The average molecular weight is 397 g/mol. The number of carbonyl (C=O) groups is 1. The molecular weight excluding hydrogens is 372 g/mol. The van der Waals surface area contributed by atoms with Crippen LogP contribution in [-0.4, -0.2) is 28.5 Å². The van der Waals surface area contributed by atoms with E-state index in [9.17, 15) is 4.79 Å². The van der Waals surface area contributed by atoms with E-state index in [1.807, 2.05) is 77.8 Å². The molecule has 3 rings (SSSR count). The number of amides is 1. The van der Waals surface area contributed by atoms with Crippen molar-refractivity contribution in [2.45, 2.75) is 26.4 Å². The first-order chi connectivity index (χ1) is 13.7. The highest BCUT2D eigenvalue weighted by atomic mass is 35.5. The van der Waals surface area contributed by atoms with E-state index in [1.165, 1.54) is 0 Å². The normalized spacial score (nSPS) is 10.6. The molecule has 4 nitrogen and oxygen atoms in total. The Morgan fingerprint density at radius 2 is 1.79 bits per heavy atom. The molecule has 0 N–H and O–H groups in total. The second kappa shape index (κ2) is 10.00. The lowest BCUT2D eigenvalue weighted by atomic mass is 10.2. The van der Waals surface area contributed by atoms with Crippen molar-refractivity contribution in [3.63, 3.8) is 0 Å². The van der Waals surface area contributed by atoms with E-state index in [4.69, 9.17) is 16.3 Å². The molecule has 0 bridgehead atoms. The van der Waals surface area contributed by atoms with Gasteiger partial charge in [0.15, 0.2) is 6.61 Å². The molecule has 0 saturated carbocycles. The van der Waals surface area contributed by atoms with E-state index in [2.05, 4.69) is 11.5 Å². The van der Waals surface area contributed by atoms with Crippen molar-refractivity contribution in [1.29, 1.82) is 0 Å². The number of hydrogen-bond acceptors (Lipinski definition) is 2. The van der Waals surface area contributed by atoms with Gasteiger partial charge < -0.3 is 14.2 Å². The summed E-state index contributed by atoms with van der Waals surface area (Å²) < 4.78 is 7.77. The molecule has 0 saturated heterocycles. The molecule has 0 unspecified atom stereocenters. The molecule has 0 fully saturated rings. The van der Waals surface area contributed by atoms with Crippen LogP contribution in [0.4, 0.5) is 0 Å². The fourth-order valence-electron chi connectivity index (χ4n) is 3.07. The number of nitrogens with zero attached hydrogens (tertiary/aromatic N) is 2. The Balaban J connectivity index is 1.66. The van der Waals surface area contributed by atoms with Crippen LogP contribution in [-0.2, 0) is 17.9 Å². The Kier molecular flexibility index (Phi) is 7.15. The Morgan fingerprint density at radius 1 is 1.04 bits per heavy atom. The van der Waals surface area contributed by atoms with Crippen LogP contribution < -0.4 is 4.74 Å². The topological polar surface area (TPSA) is 34.5 Å². The first-order valence-electron chi connectivity index (χ1n) is 9.50. The van der Waals surface area contributed by atoms with Crippen LogP contribution in [0.1, 0.15) is 24.6 Å². The van der Waals surface area contributed by atoms with Gasteiger partial charge in [0.25, 0.3) is 5.91 Å². The monoisotopic (exact) mass is 396 g/mol. The molecular formula is C23H25ClN2O2. The van der Waals surface area contributed by atoms with Crippen molar-refractivity contribution in [2.24, 2.45) is 0 Å². The second-order valence-corrected chi connectivity index (χ2v) is 7.04. The van der Waals surface area contributed by atoms with Crippen molar-refractivity contribution in [1.82, 2.24) is 9.47 Å². The zero-order valence-electron chi connectivity index (χ0n) is 16.1. The van der Waals surface area contributed by atoms with Crippen molar-refractivity contribution >= 4 is 17.5 Å². The lowest BCUT2D eigenvalue weighted by Gasteiger charge is -2.23. The van der Waals surface area contributed by atoms with E-state index >= 15 is 0 Å². The lowest BCUT2D eigenvalue weighted by molar-refractivity contribution is -0.134. The minimum atomic E-state index is -0.0174. The molecule has 146 valence electrons. The van der Waals surface area contributed by atoms with E-state index < -0.39 is 0 Å². The molecule has 5 heteroatoms. The largest absolute Gasteiger partial charge is 0.484 e.